The van der Waals surface area contributed by atoms with Crippen LogP contribution in [0.4, 0.5) is 4.39 Å². The molecule has 146 valence electrons. The van der Waals surface area contributed by atoms with E-state index < -0.39 is 5.56 Å². The number of thiazole rings is 1. The highest BCUT2D eigenvalue weighted by Crippen LogP contribution is 2.29. The first kappa shape index (κ1) is 18.9. The number of nitrogens with zero attached hydrogens (tertiary/aromatic N) is 3. The maximum Gasteiger partial charge on any atom is 0.294 e. The van der Waals surface area contributed by atoms with Crippen molar-refractivity contribution < 1.29 is 9.18 Å². The van der Waals surface area contributed by atoms with Crippen LogP contribution in [-0.2, 0) is 17.9 Å². The fourth-order valence-corrected chi connectivity index (χ4v) is 3.87. The minimum Gasteiger partial charge on any atom is -0.350 e. The Morgan fingerprint density at radius 3 is 2.59 bits per heavy atom. The summed E-state index contributed by atoms with van der Waals surface area (Å²) in [4.78, 5) is 29.5. The molecule has 1 amide bonds. The average molecular weight is 408 g/mol. The number of fused-ring (bicyclic) bond motifs is 1. The Balaban J connectivity index is 1.63. The van der Waals surface area contributed by atoms with Crippen LogP contribution < -0.4 is 10.9 Å². The third-order valence-corrected chi connectivity index (χ3v) is 5.33. The molecule has 0 atom stereocenters. The molecule has 4 aromatic rings. The van der Waals surface area contributed by atoms with Crippen molar-refractivity contribution in [2.45, 2.75) is 20.0 Å². The van der Waals surface area contributed by atoms with E-state index in [1.165, 1.54) is 23.5 Å². The molecular formula is C21H17FN4O2S. The van der Waals surface area contributed by atoms with Crippen molar-refractivity contribution in [2.24, 2.45) is 0 Å². The Hall–Kier alpha value is -3.39. The molecule has 2 aromatic heterocycles. The first-order valence-electron chi connectivity index (χ1n) is 8.96. The summed E-state index contributed by atoms with van der Waals surface area (Å²) >= 11 is 1.41. The molecule has 0 saturated carbocycles. The molecule has 8 heteroatoms. The topological polar surface area (TPSA) is 76.9 Å². The van der Waals surface area contributed by atoms with Crippen LogP contribution in [0.3, 0.4) is 0 Å². The summed E-state index contributed by atoms with van der Waals surface area (Å²) in [6.45, 7) is 1.84. The number of carbonyl (C=O) groups is 1. The van der Waals surface area contributed by atoms with Gasteiger partial charge in [-0.25, -0.2) is 14.1 Å². The molecule has 0 unspecified atom stereocenters. The van der Waals surface area contributed by atoms with Gasteiger partial charge in [-0.3, -0.25) is 9.59 Å². The summed E-state index contributed by atoms with van der Waals surface area (Å²) < 4.78 is 14.8. The molecule has 0 aliphatic carbocycles. The number of hydrogen-bond donors (Lipinski definition) is 1. The number of hydrogen-bond acceptors (Lipinski definition) is 5. The zero-order valence-corrected chi connectivity index (χ0v) is 16.4. The molecule has 0 spiro atoms. The first-order chi connectivity index (χ1) is 14.0. The van der Waals surface area contributed by atoms with Gasteiger partial charge in [-0.15, -0.1) is 11.3 Å². The summed E-state index contributed by atoms with van der Waals surface area (Å²) in [5, 5.41) is 7.94. The smallest absolute Gasteiger partial charge is 0.294 e. The predicted molar refractivity (Wildman–Crippen MR) is 110 cm³/mol. The number of carbonyl (C=O) groups excluding carboxylic acids is 1. The molecule has 6 nitrogen and oxygen atoms in total. The van der Waals surface area contributed by atoms with Gasteiger partial charge in [0, 0.05) is 12.1 Å². The highest BCUT2D eigenvalue weighted by molar-refractivity contribution is 7.19. The second kappa shape index (κ2) is 7.92. The van der Waals surface area contributed by atoms with Crippen molar-refractivity contribution >= 4 is 27.5 Å². The lowest BCUT2D eigenvalue weighted by Gasteiger charge is -2.09. The Labute approximate surface area is 169 Å². The van der Waals surface area contributed by atoms with Crippen molar-refractivity contribution in [2.75, 3.05) is 0 Å². The lowest BCUT2D eigenvalue weighted by atomic mass is 10.1. The van der Waals surface area contributed by atoms with Crippen LogP contribution in [0.2, 0.25) is 0 Å². The molecule has 29 heavy (non-hydrogen) atoms. The molecule has 0 bridgehead atoms. The zero-order valence-electron chi connectivity index (χ0n) is 15.6. The first-order valence-corrected chi connectivity index (χ1v) is 9.78. The van der Waals surface area contributed by atoms with Crippen LogP contribution in [-0.4, -0.2) is 20.7 Å². The Morgan fingerprint density at radius 1 is 1.14 bits per heavy atom. The van der Waals surface area contributed by atoms with Crippen LogP contribution in [0.15, 0.2) is 59.4 Å². The monoisotopic (exact) mass is 408 g/mol. The number of benzene rings is 2. The molecule has 0 saturated heterocycles. The number of aryl methyl sites for hydroxylation is 1. The summed E-state index contributed by atoms with van der Waals surface area (Å²) in [7, 11) is 0. The van der Waals surface area contributed by atoms with Gasteiger partial charge in [0.25, 0.3) is 5.56 Å². The van der Waals surface area contributed by atoms with E-state index in [0.29, 0.717) is 15.9 Å². The molecule has 0 aliphatic rings. The molecule has 0 radical (unpaired) electrons. The van der Waals surface area contributed by atoms with E-state index in [2.05, 4.69) is 15.4 Å². The van der Waals surface area contributed by atoms with E-state index >= 15 is 0 Å². The van der Waals surface area contributed by atoms with E-state index in [-0.39, 0.29) is 24.8 Å². The Kier molecular flexibility index (Phi) is 5.18. The highest BCUT2D eigenvalue weighted by Gasteiger charge is 2.17. The van der Waals surface area contributed by atoms with Crippen molar-refractivity contribution in [3.05, 3.63) is 81.3 Å². The summed E-state index contributed by atoms with van der Waals surface area (Å²) in [6, 6.07) is 15.3. The van der Waals surface area contributed by atoms with Crippen molar-refractivity contribution in [1.82, 2.24) is 20.1 Å². The largest absolute Gasteiger partial charge is 0.350 e. The standard InChI is InChI=1S/C21H17FN4O2S/c1-13-24-19-20(29-13)18(15-5-3-2-4-6-15)25-26(21(19)28)12-17(27)23-11-14-7-9-16(22)10-8-14/h2-10H,11-12H2,1H3,(H,23,27). The lowest BCUT2D eigenvalue weighted by Crippen LogP contribution is -2.33. The van der Waals surface area contributed by atoms with Crippen LogP contribution in [0.25, 0.3) is 21.5 Å². The zero-order chi connectivity index (χ0) is 20.4. The number of amides is 1. The van der Waals surface area contributed by atoms with E-state index in [0.717, 1.165) is 20.8 Å². The fourth-order valence-electron chi connectivity index (χ4n) is 2.95. The molecular weight excluding hydrogens is 391 g/mol. The van der Waals surface area contributed by atoms with Gasteiger partial charge in [0.2, 0.25) is 5.91 Å². The predicted octanol–water partition coefficient (Wildman–Crippen LogP) is 3.28. The quantitative estimate of drug-likeness (QED) is 0.550. The number of aromatic nitrogens is 3. The highest BCUT2D eigenvalue weighted by atomic mass is 32.1. The van der Waals surface area contributed by atoms with Crippen LogP contribution in [0, 0.1) is 12.7 Å². The van der Waals surface area contributed by atoms with E-state index in [9.17, 15) is 14.0 Å². The molecule has 1 N–H and O–H groups in total. The summed E-state index contributed by atoms with van der Waals surface area (Å²) in [5.41, 5.74) is 2.14. The van der Waals surface area contributed by atoms with Gasteiger partial charge in [-0.2, -0.15) is 5.10 Å². The van der Waals surface area contributed by atoms with Crippen molar-refractivity contribution in [1.29, 1.82) is 0 Å². The second-order valence-corrected chi connectivity index (χ2v) is 7.69. The summed E-state index contributed by atoms with van der Waals surface area (Å²) in [5.74, 6) is -0.703. The minimum absolute atomic E-state index is 0.230. The Bertz CT molecular complexity index is 1230. The Morgan fingerprint density at radius 2 is 1.86 bits per heavy atom. The van der Waals surface area contributed by atoms with E-state index in [1.54, 1.807) is 12.1 Å². The number of halogens is 1. The van der Waals surface area contributed by atoms with Gasteiger partial charge in [0.15, 0.2) is 5.52 Å². The third kappa shape index (κ3) is 4.07. The van der Waals surface area contributed by atoms with Gasteiger partial charge in [-0.05, 0) is 24.6 Å². The normalized spacial score (nSPS) is 11.0. The third-order valence-electron chi connectivity index (χ3n) is 4.35. The van der Waals surface area contributed by atoms with Gasteiger partial charge >= 0.3 is 0 Å². The van der Waals surface area contributed by atoms with Crippen LogP contribution in [0.1, 0.15) is 10.6 Å². The van der Waals surface area contributed by atoms with Crippen molar-refractivity contribution in [3.63, 3.8) is 0 Å². The lowest BCUT2D eigenvalue weighted by molar-refractivity contribution is -0.122. The number of nitrogens with one attached hydrogen (secondary N) is 1. The summed E-state index contributed by atoms with van der Waals surface area (Å²) in [6.07, 6.45) is 0. The fraction of sp³-hybridized carbons (Fsp3) is 0.143. The molecule has 2 aromatic carbocycles. The van der Waals surface area contributed by atoms with E-state index in [1.807, 2.05) is 37.3 Å². The van der Waals surface area contributed by atoms with Gasteiger partial charge in [-0.1, -0.05) is 42.5 Å². The second-order valence-electron chi connectivity index (χ2n) is 6.49. The SMILES string of the molecule is Cc1nc2c(=O)n(CC(=O)NCc3ccc(F)cc3)nc(-c3ccccc3)c2s1. The van der Waals surface area contributed by atoms with Gasteiger partial charge in [0.05, 0.1) is 9.71 Å². The average Bonchev–Trinajstić information content (AvgIpc) is 3.12. The maximum absolute atomic E-state index is 13.0. The minimum atomic E-state index is -0.402. The molecule has 0 fully saturated rings. The molecule has 2 heterocycles. The number of rotatable bonds is 5. The van der Waals surface area contributed by atoms with Crippen LogP contribution >= 0.6 is 11.3 Å². The van der Waals surface area contributed by atoms with E-state index in [4.69, 9.17) is 0 Å². The van der Waals surface area contributed by atoms with Crippen molar-refractivity contribution in [3.8, 4) is 11.3 Å². The maximum atomic E-state index is 13.0. The van der Waals surface area contributed by atoms with Crippen LogP contribution in [0.5, 0.6) is 0 Å². The van der Waals surface area contributed by atoms with Gasteiger partial charge < -0.3 is 5.32 Å². The molecule has 4 rings (SSSR count). The molecule has 0 aliphatic heterocycles. The van der Waals surface area contributed by atoms with Gasteiger partial charge in [0.1, 0.15) is 18.1 Å².